The average Bonchev–Trinajstić information content (AvgIpc) is 2.34. The molecule has 0 fully saturated rings. The molecule has 0 spiro atoms. The summed E-state index contributed by atoms with van der Waals surface area (Å²) in [6, 6.07) is 6.63. The molecule has 7 nitrogen and oxygen atoms in total. The van der Waals surface area contributed by atoms with Gasteiger partial charge in [0.2, 0.25) is 0 Å². The van der Waals surface area contributed by atoms with Gasteiger partial charge in [-0.1, -0.05) is 17.2 Å². The van der Waals surface area contributed by atoms with Crippen LogP contribution in [0.25, 0.3) is 10.4 Å². The smallest absolute Gasteiger partial charge is 0.168 e. The minimum atomic E-state index is -1.17. The average molecular weight is 267 g/mol. The molecule has 5 N–H and O–H groups in total. The molecule has 0 aliphatic rings. The fourth-order valence-corrected chi connectivity index (χ4v) is 1.50. The van der Waals surface area contributed by atoms with Crippen molar-refractivity contribution in [1.82, 2.24) is 0 Å². The molecule has 1 aromatic carbocycles. The predicted molar refractivity (Wildman–Crippen MR) is 71.8 cm³/mol. The zero-order valence-electron chi connectivity index (χ0n) is 9.39. The zero-order valence-corrected chi connectivity index (χ0v) is 10.2. The van der Waals surface area contributed by atoms with Gasteiger partial charge in [0.1, 0.15) is 6.10 Å². The van der Waals surface area contributed by atoms with Crippen molar-refractivity contribution >= 4 is 23.0 Å². The summed E-state index contributed by atoms with van der Waals surface area (Å²) in [5.41, 5.74) is 14.5. The standard InChI is InChI=1S/C10H13N5O2S/c11-10(18)14-7-3-1-2-6(4-7)9(17)8(16)5-13-15-12/h1-4,8-9,16-17H,5H2,(H3,11,14,18). The first-order valence-electron chi connectivity index (χ1n) is 5.08. The van der Waals surface area contributed by atoms with Gasteiger partial charge in [-0.3, -0.25) is 0 Å². The summed E-state index contributed by atoms with van der Waals surface area (Å²) in [5.74, 6) is 0. The van der Waals surface area contributed by atoms with Crippen LogP contribution in [0.5, 0.6) is 0 Å². The van der Waals surface area contributed by atoms with E-state index in [9.17, 15) is 10.2 Å². The highest BCUT2D eigenvalue weighted by Crippen LogP contribution is 2.20. The lowest BCUT2D eigenvalue weighted by molar-refractivity contribution is 0.0244. The topological polar surface area (TPSA) is 127 Å². The van der Waals surface area contributed by atoms with Gasteiger partial charge in [0.05, 0.1) is 12.6 Å². The molecule has 0 aliphatic carbocycles. The Hall–Kier alpha value is -1.86. The zero-order chi connectivity index (χ0) is 13.5. The maximum atomic E-state index is 9.85. The molecule has 1 rings (SSSR count). The Morgan fingerprint density at radius 3 is 2.89 bits per heavy atom. The quantitative estimate of drug-likeness (QED) is 0.274. The second-order valence-corrected chi connectivity index (χ2v) is 3.98. The summed E-state index contributed by atoms with van der Waals surface area (Å²) in [6.07, 6.45) is -2.32. The summed E-state index contributed by atoms with van der Waals surface area (Å²) in [7, 11) is 0. The number of nitrogens with one attached hydrogen (secondary N) is 1. The second-order valence-electron chi connectivity index (χ2n) is 3.54. The third-order valence-electron chi connectivity index (χ3n) is 2.19. The van der Waals surface area contributed by atoms with Crippen LogP contribution in [0.1, 0.15) is 11.7 Å². The third kappa shape index (κ3) is 4.19. The lowest BCUT2D eigenvalue weighted by Crippen LogP contribution is -2.22. The normalized spacial score (nSPS) is 13.2. The van der Waals surface area contributed by atoms with Crippen LogP contribution < -0.4 is 11.1 Å². The number of nitrogens with zero attached hydrogens (tertiary/aromatic N) is 3. The molecule has 0 bridgehead atoms. The van der Waals surface area contributed by atoms with E-state index < -0.39 is 12.2 Å². The molecule has 0 saturated heterocycles. The molecule has 2 unspecified atom stereocenters. The largest absolute Gasteiger partial charge is 0.390 e. The first kappa shape index (κ1) is 14.2. The second kappa shape index (κ2) is 6.77. The van der Waals surface area contributed by atoms with Crippen molar-refractivity contribution in [2.75, 3.05) is 11.9 Å². The maximum absolute atomic E-state index is 9.85. The molecular formula is C10H13N5O2S. The van der Waals surface area contributed by atoms with Gasteiger partial charge in [-0.2, -0.15) is 0 Å². The van der Waals surface area contributed by atoms with Crippen LogP contribution in [0.3, 0.4) is 0 Å². The van der Waals surface area contributed by atoms with Gasteiger partial charge in [-0.05, 0) is 35.4 Å². The van der Waals surface area contributed by atoms with Crippen LogP contribution in [-0.2, 0) is 0 Å². The van der Waals surface area contributed by atoms with E-state index in [1.807, 2.05) is 0 Å². The highest BCUT2D eigenvalue weighted by molar-refractivity contribution is 7.80. The lowest BCUT2D eigenvalue weighted by Gasteiger charge is -2.17. The number of anilines is 1. The molecule has 2 atom stereocenters. The first-order chi connectivity index (χ1) is 8.54. The van der Waals surface area contributed by atoms with Gasteiger partial charge in [0.25, 0.3) is 0 Å². The number of benzene rings is 1. The Kier molecular flexibility index (Phi) is 5.34. The minimum absolute atomic E-state index is 0.108. The van der Waals surface area contributed by atoms with E-state index in [-0.39, 0.29) is 11.7 Å². The monoisotopic (exact) mass is 267 g/mol. The van der Waals surface area contributed by atoms with Gasteiger partial charge in [-0.15, -0.1) is 0 Å². The van der Waals surface area contributed by atoms with Gasteiger partial charge in [0, 0.05) is 10.6 Å². The van der Waals surface area contributed by atoms with Crippen molar-refractivity contribution in [3.8, 4) is 0 Å². The number of aliphatic hydroxyl groups is 2. The van der Waals surface area contributed by atoms with Gasteiger partial charge in [0.15, 0.2) is 5.11 Å². The maximum Gasteiger partial charge on any atom is 0.168 e. The van der Waals surface area contributed by atoms with E-state index >= 15 is 0 Å². The summed E-state index contributed by atoms with van der Waals surface area (Å²) in [6.45, 7) is -0.204. The number of thiocarbonyl (C=S) groups is 1. The Balaban J connectivity index is 2.81. The number of hydrogen-bond acceptors (Lipinski definition) is 4. The minimum Gasteiger partial charge on any atom is -0.390 e. The molecule has 0 heterocycles. The fraction of sp³-hybridized carbons (Fsp3) is 0.300. The molecule has 0 saturated carbocycles. The van der Waals surface area contributed by atoms with E-state index in [0.29, 0.717) is 11.3 Å². The number of aliphatic hydroxyl groups excluding tert-OH is 2. The Bertz CT molecular complexity index is 475. The van der Waals surface area contributed by atoms with Crippen LogP contribution in [-0.4, -0.2) is 28.0 Å². The van der Waals surface area contributed by atoms with E-state index in [0.717, 1.165) is 0 Å². The highest BCUT2D eigenvalue weighted by Gasteiger charge is 2.17. The Morgan fingerprint density at radius 2 is 2.28 bits per heavy atom. The highest BCUT2D eigenvalue weighted by atomic mass is 32.1. The van der Waals surface area contributed by atoms with Gasteiger partial charge < -0.3 is 21.3 Å². The molecule has 1 aromatic rings. The van der Waals surface area contributed by atoms with Crippen LogP contribution in [0, 0.1) is 0 Å². The van der Waals surface area contributed by atoms with E-state index in [2.05, 4.69) is 15.3 Å². The van der Waals surface area contributed by atoms with Crippen molar-refractivity contribution in [3.63, 3.8) is 0 Å². The van der Waals surface area contributed by atoms with E-state index in [1.165, 1.54) is 0 Å². The molecule has 96 valence electrons. The third-order valence-corrected chi connectivity index (χ3v) is 2.29. The summed E-state index contributed by atoms with van der Waals surface area (Å²) in [4.78, 5) is 2.52. The number of rotatable bonds is 5. The van der Waals surface area contributed by atoms with E-state index in [1.54, 1.807) is 24.3 Å². The van der Waals surface area contributed by atoms with Crippen molar-refractivity contribution in [3.05, 3.63) is 40.3 Å². The molecule has 0 amide bonds. The van der Waals surface area contributed by atoms with Crippen LogP contribution in [0.4, 0.5) is 5.69 Å². The first-order valence-corrected chi connectivity index (χ1v) is 5.49. The SMILES string of the molecule is [N-]=[N+]=NCC(O)C(O)c1cccc(NC(N)=S)c1. The molecule has 18 heavy (non-hydrogen) atoms. The summed E-state index contributed by atoms with van der Waals surface area (Å²) >= 11 is 4.69. The van der Waals surface area contributed by atoms with Crippen molar-refractivity contribution in [2.45, 2.75) is 12.2 Å². The molecule has 0 radical (unpaired) electrons. The number of hydrogen-bond donors (Lipinski definition) is 4. The van der Waals surface area contributed by atoms with Crippen molar-refractivity contribution in [1.29, 1.82) is 0 Å². The molecule has 8 heteroatoms. The fourth-order valence-electron chi connectivity index (χ4n) is 1.38. The molecule has 0 aromatic heterocycles. The number of nitrogens with two attached hydrogens (primary N) is 1. The Labute approximate surface area is 109 Å². The molecule has 0 aliphatic heterocycles. The van der Waals surface area contributed by atoms with E-state index in [4.69, 9.17) is 23.5 Å². The predicted octanol–water partition coefficient (Wildman–Crippen LogP) is 1.05. The van der Waals surface area contributed by atoms with Crippen LogP contribution in [0.2, 0.25) is 0 Å². The summed E-state index contributed by atoms with van der Waals surface area (Å²) < 4.78 is 0. The number of azide groups is 1. The van der Waals surface area contributed by atoms with Crippen LogP contribution in [0.15, 0.2) is 29.4 Å². The van der Waals surface area contributed by atoms with Crippen molar-refractivity contribution < 1.29 is 10.2 Å². The van der Waals surface area contributed by atoms with Gasteiger partial charge >= 0.3 is 0 Å². The lowest BCUT2D eigenvalue weighted by atomic mass is 10.0. The van der Waals surface area contributed by atoms with Crippen LogP contribution >= 0.6 is 12.2 Å². The van der Waals surface area contributed by atoms with Gasteiger partial charge in [-0.25, -0.2) is 0 Å². The molecular weight excluding hydrogens is 254 g/mol. The Morgan fingerprint density at radius 1 is 1.56 bits per heavy atom. The summed E-state index contributed by atoms with van der Waals surface area (Å²) in [5, 5.41) is 25.5. The van der Waals surface area contributed by atoms with Crippen molar-refractivity contribution in [2.24, 2.45) is 10.8 Å².